The highest BCUT2D eigenvalue weighted by atomic mass is 35.5. The summed E-state index contributed by atoms with van der Waals surface area (Å²) in [5, 5.41) is 2.83. The number of benzene rings is 1. The zero-order valence-corrected chi connectivity index (χ0v) is 11.8. The molecule has 1 atom stereocenters. The number of para-hydroxylation sites is 1. The van der Waals surface area contributed by atoms with Crippen LogP contribution in [0.4, 0.5) is 18.9 Å². The predicted molar refractivity (Wildman–Crippen MR) is 72.2 cm³/mol. The standard InChI is InChI=1S/C13H16ClF3N2O/c1-19-5-6-20-9(8-19)7-18-12-10(13(15,16)17)3-2-4-11(12)14/h2-4,9,18H,5-8H2,1H3. The molecule has 0 bridgehead atoms. The molecule has 20 heavy (non-hydrogen) atoms. The summed E-state index contributed by atoms with van der Waals surface area (Å²) in [5.41, 5.74) is -0.840. The number of anilines is 1. The first-order valence-electron chi connectivity index (χ1n) is 6.27. The Morgan fingerprint density at radius 3 is 2.85 bits per heavy atom. The summed E-state index contributed by atoms with van der Waals surface area (Å²) >= 11 is 5.87. The Labute approximate surface area is 120 Å². The Balaban J connectivity index is 2.09. The van der Waals surface area contributed by atoms with Gasteiger partial charge in [0.05, 0.1) is 29.0 Å². The smallest absolute Gasteiger partial charge is 0.381 e. The van der Waals surface area contributed by atoms with Crippen molar-refractivity contribution in [1.29, 1.82) is 0 Å². The maximum Gasteiger partial charge on any atom is 0.418 e. The molecule has 0 aliphatic carbocycles. The summed E-state index contributed by atoms with van der Waals surface area (Å²) in [4.78, 5) is 2.08. The van der Waals surface area contributed by atoms with Crippen LogP contribution in [0.3, 0.4) is 0 Å². The topological polar surface area (TPSA) is 24.5 Å². The zero-order valence-electron chi connectivity index (χ0n) is 11.0. The second kappa shape index (κ2) is 6.20. The monoisotopic (exact) mass is 308 g/mol. The van der Waals surface area contributed by atoms with Crippen molar-refractivity contribution in [3.05, 3.63) is 28.8 Å². The van der Waals surface area contributed by atoms with Crippen LogP contribution >= 0.6 is 11.6 Å². The lowest BCUT2D eigenvalue weighted by atomic mass is 10.1. The molecule has 0 amide bonds. The average Bonchev–Trinajstić information content (AvgIpc) is 2.36. The molecule has 1 aromatic carbocycles. The highest BCUT2D eigenvalue weighted by Gasteiger charge is 2.34. The average molecular weight is 309 g/mol. The molecule has 0 radical (unpaired) electrons. The molecule has 1 N–H and O–H groups in total. The molecule has 1 saturated heterocycles. The molecule has 1 heterocycles. The maximum absolute atomic E-state index is 12.9. The summed E-state index contributed by atoms with van der Waals surface area (Å²) < 4.78 is 44.3. The van der Waals surface area contributed by atoms with Gasteiger partial charge in [0, 0.05) is 19.6 Å². The number of nitrogens with one attached hydrogen (secondary N) is 1. The number of rotatable bonds is 3. The van der Waals surface area contributed by atoms with Crippen LogP contribution in [0.15, 0.2) is 18.2 Å². The minimum absolute atomic E-state index is 0.0592. The van der Waals surface area contributed by atoms with Gasteiger partial charge in [-0.3, -0.25) is 0 Å². The van der Waals surface area contributed by atoms with Crippen LogP contribution in [0.1, 0.15) is 5.56 Å². The summed E-state index contributed by atoms with van der Waals surface area (Å²) in [6.45, 7) is 2.38. The van der Waals surface area contributed by atoms with Crippen LogP contribution in [0.5, 0.6) is 0 Å². The largest absolute Gasteiger partial charge is 0.418 e. The SMILES string of the molecule is CN1CCOC(CNc2c(Cl)cccc2C(F)(F)F)C1. The van der Waals surface area contributed by atoms with Crippen molar-refractivity contribution >= 4 is 17.3 Å². The summed E-state index contributed by atoms with van der Waals surface area (Å²) in [6, 6.07) is 3.75. The van der Waals surface area contributed by atoms with E-state index in [-0.39, 0.29) is 23.4 Å². The quantitative estimate of drug-likeness (QED) is 0.928. The molecule has 1 fully saturated rings. The molecular weight excluding hydrogens is 293 g/mol. The van der Waals surface area contributed by atoms with E-state index in [4.69, 9.17) is 16.3 Å². The number of nitrogens with zero attached hydrogens (tertiary/aromatic N) is 1. The van der Waals surface area contributed by atoms with Gasteiger partial charge in [-0.25, -0.2) is 0 Å². The van der Waals surface area contributed by atoms with Gasteiger partial charge in [0.15, 0.2) is 0 Å². The lowest BCUT2D eigenvalue weighted by molar-refractivity contribution is -0.137. The van der Waals surface area contributed by atoms with Crippen molar-refractivity contribution in [2.45, 2.75) is 12.3 Å². The van der Waals surface area contributed by atoms with E-state index in [0.29, 0.717) is 13.2 Å². The predicted octanol–water partition coefficient (Wildman–Crippen LogP) is 3.10. The van der Waals surface area contributed by atoms with Gasteiger partial charge in [-0.2, -0.15) is 13.2 Å². The number of hydrogen-bond acceptors (Lipinski definition) is 3. The Morgan fingerprint density at radius 2 is 2.20 bits per heavy atom. The van der Waals surface area contributed by atoms with Crippen molar-refractivity contribution in [1.82, 2.24) is 4.90 Å². The minimum atomic E-state index is -4.43. The van der Waals surface area contributed by atoms with Crippen LogP contribution < -0.4 is 5.32 Å². The number of morpholine rings is 1. The van der Waals surface area contributed by atoms with E-state index in [9.17, 15) is 13.2 Å². The van der Waals surface area contributed by atoms with E-state index in [2.05, 4.69) is 10.2 Å². The van der Waals surface area contributed by atoms with Gasteiger partial charge in [0.25, 0.3) is 0 Å². The van der Waals surface area contributed by atoms with Gasteiger partial charge in [0.1, 0.15) is 0 Å². The van der Waals surface area contributed by atoms with Crippen LogP contribution in [0, 0.1) is 0 Å². The van der Waals surface area contributed by atoms with Gasteiger partial charge in [-0.1, -0.05) is 17.7 Å². The third-order valence-corrected chi connectivity index (χ3v) is 3.48. The number of halogens is 4. The lowest BCUT2D eigenvalue weighted by Gasteiger charge is -2.30. The number of hydrogen-bond donors (Lipinski definition) is 1. The van der Waals surface area contributed by atoms with E-state index in [0.717, 1.165) is 12.6 Å². The highest BCUT2D eigenvalue weighted by molar-refractivity contribution is 6.33. The number of likely N-dealkylation sites (N-methyl/N-ethyl adjacent to an activating group) is 1. The minimum Gasteiger partial charge on any atom is -0.381 e. The van der Waals surface area contributed by atoms with E-state index in [1.165, 1.54) is 12.1 Å². The van der Waals surface area contributed by atoms with Crippen LogP contribution in [-0.2, 0) is 10.9 Å². The molecule has 0 spiro atoms. The van der Waals surface area contributed by atoms with Gasteiger partial charge in [-0.15, -0.1) is 0 Å². The Kier molecular flexibility index (Phi) is 4.78. The molecule has 1 aromatic rings. The van der Waals surface area contributed by atoms with Crippen molar-refractivity contribution in [2.75, 3.05) is 38.6 Å². The van der Waals surface area contributed by atoms with Crippen molar-refractivity contribution in [3.8, 4) is 0 Å². The molecule has 1 unspecified atom stereocenters. The number of ether oxygens (including phenoxy) is 1. The fourth-order valence-corrected chi connectivity index (χ4v) is 2.39. The third kappa shape index (κ3) is 3.77. The molecule has 1 aliphatic rings. The molecule has 112 valence electrons. The van der Waals surface area contributed by atoms with Crippen molar-refractivity contribution in [3.63, 3.8) is 0 Å². The van der Waals surface area contributed by atoms with Gasteiger partial charge < -0.3 is 15.0 Å². The van der Waals surface area contributed by atoms with Gasteiger partial charge in [-0.05, 0) is 19.2 Å². The van der Waals surface area contributed by atoms with Crippen molar-refractivity contribution < 1.29 is 17.9 Å². The second-order valence-corrected chi connectivity index (χ2v) is 5.20. The first-order valence-corrected chi connectivity index (χ1v) is 6.65. The molecule has 2 rings (SSSR count). The van der Waals surface area contributed by atoms with Gasteiger partial charge in [0.2, 0.25) is 0 Å². The molecule has 0 aromatic heterocycles. The summed E-state index contributed by atoms with van der Waals surface area (Å²) in [7, 11) is 1.95. The van der Waals surface area contributed by atoms with Crippen molar-refractivity contribution in [2.24, 2.45) is 0 Å². The zero-order chi connectivity index (χ0) is 14.8. The van der Waals surface area contributed by atoms with Gasteiger partial charge >= 0.3 is 6.18 Å². The Morgan fingerprint density at radius 1 is 1.45 bits per heavy atom. The van der Waals surface area contributed by atoms with Crippen LogP contribution in [0.25, 0.3) is 0 Å². The fraction of sp³-hybridized carbons (Fsp3) is 0.538. The maximum atomic E-state index is 12.9. The molecule has 0 saturated carbocycles. The first kappa shape index (κ1) is 15.4. The van der Waals surface area contributed by atoms with E-state index in [1.807, 2.05) is 7.05 Å². The molecule has 7 heteroatoms. The van der Waals surface area contributed by atoms with E-state index in [1.54, 1.807) is 0 Å². The molecule has 1 aliphatic heterocycles. The molecule has 3 nitrogen and oxygen atoms in total. The fourth-order valence-electron chi connectivity index (χ4n) is 2.15. The summed E-state index contributed by atoms with van der Waals surface area (Å²) in [5.74, 6) is 0. The highest BCUT2D eigenvalue weighted by Crippen LogP contribution is 2.38. The van der Waals surface area contributed by atoms with E-state index >= 15 is 0 Å². The first-order chi connectivity index (χ1) is 9.38. The second-order valence-electron chi connectivity index (χ2n) is 4.80. The van der Waals surface area contributed by atoms with Crippen LogP contribution in [0.2, 0.25) is 5.02 Å². The lowest BCUT2D eigenvalue weighted by Crippen LogP contribution is -2.43. The summed E-state index contributed by atoms with van der Waals surface area (Å²) in [6.07, 6.45) is -4.58. The van der Waals surface area contributed by atoms with Crippen LogP contribution in [-0.4, -0.2) is 44.3 Å². The third-order valence-electron chi connectivity index (χ3n) is 3.17. The molecular formula is C13H16ClF3N2O. The Hall–Kier alpha value is -0.980. The Bertz CT molecular complexity index is 467. The number of alkyl halides is 3. The normalized spacial score (nSPS) is 20.9. The van der Waals surface area contributed by atoms with E-state index < -0.39 is 11.7 Å².